The van der Waals surface area contributed by atoms with Crippen LogP contribution in [0.15, 0.2) is 30.0 Å². The Kier molecular flexibility index (Phi) is 2.65. The molecule has 0 N–H and O–H groups in total. The largest absolute Gasteiger partial charge is 0.309 e. The number of halogens is 2. The second-order valence-corrected chi connectivity index (χ2v) is 4.73. The third kappa shape index (κ3) is 1.72. The average molecular weight is 249 g/mol. The smallest absolute Gasteiger partial charge is 0.227 e. The third-order valence-electron chi connectivity index (χ3n) is 3.63. The fourth-order valence-corrected chi connectivity index (χ4v) is 2.79. The molecule has 0 aromatic heterocycles. The monoisotopic (exact) mass is 249 g/mol. The highest BCUT2D eigenvalue weighted by Gasteiger charge is 2.35. The number of rotatable bonds is 1. The molecule has 0 bridgehead atoms. The zero-order valence-electron chi connectivity index (χ0n) is 9.83. The molecule has 1 saturated heterocycles. The number of hydrogen-bond donors (Lipinski definition) is 0. The lowest BCUT2D eigenvalue weighted by molar-refractivity contribution is -0.131. The Hall–Kier alpha value is -1.71. The van der Waals surface area contributed by atoms with Gasteiger partial charge in [-0.2, -0.15) is 0 Å². The lowest BCUT2D eigenvalue weighted by atomic mass is 10.0. The van der Waals surface area contributed by atoms with Crippen molar-refractivity contribution in [1.82, 2.24) is 4.90 Å². The molecule has 0 spiro atoms. The normalized spacial score (nSPS) is 23.0. The molecule has 4 heteroatoms. The number of nitrogens with zero attached hydrogens (tertiary/aromatic N) is 1. The summed E-state index contributed by atoms with van der Waals surface area (Å²) in [6, 6.07) is 3.75. The molecular weight excluding hydrogens is 236 g/mol. The van der Waals surface area contributed by atoms with Gasteiger partial charge in [0.1, 0.15) is 0 Å². The maximum Gasteiger partial charge on any atom is 0.227 e. The Balaban J connectivity index is 1.97. The lowest BCUT2D eigenvalue weighted by Crippen LogP contribution is -2.31. The topological polar surface area (TPSA) is 20.3 Å². The van der Waals surface area contributed by atoms with Crippen molar-refractivity contribution in [2.75, 3.05) is 0 Å². The van der Waals surface area contributed by atoms with Crippen LogP contribution in [-0.4, -0.2) is 10.8 Å². The van der Waals surface area contributed by atoms with Gasteiger partial charge in [0, 0.05) is 12.1 Å². The van der Waals surface area contributed by atoms with Gasteiger partial charge in [0.2, 0.25) is 5.91 Å². The van der Waals surface area contributed by atoms with Crippen molar-refractivity contribution in [1.29, 1.82) is 0 Å². The predicted octanol–water partition coefficient (Wildman–Crippen LogP) is 3.31. The van der Waals surface area contributed by atoms with Gasteiger partial charge in [0.25, 0.3) is 0 Å². The first-order valence-corrected chi connectivity index (χ1v) is 6.13. The van der Waals surface area contributed by atoms with E-state index < -0.39 is 11.6 Å². The first kappa shape index (κ1) is 11.4. The van der Waals surface area contributed by atoms with E-state index in [1.165, 1.54) is 6.07 Å². The summed E-state index contributed by atoms with van der Waals surface area (Å²) in [7, 11) is 0. The van der Waals surface area contributed by atoms with Crippen LogP contribution in [0.4, 0.5) is 8.78 Å². The minimum atomic E-state index is -0.852. The molecule has 2 nitrogen and oxygen atoms in total. The molecule has 0 aliphatic carbocycles. The summed E-state index contributed by atoms with van der Waals surface area (Å²) in [5, 5.41) is 0. The minimum absolute atomic E-state index is 0.0831. The summed E-state index contributed by atoms with van der Waals surface area (Å²) < 4.78 is 26.2. The molecule has 18 heavy (non-hydrogen) atoms. The lowest BCUT2D eigenvalue weighted by Gasteiger charge is -2.28. The Labute approximate surface area is 104 Å². The number of carbonyl (C=O) groups is 1. The van der Waals surface area contributed by atoms with Crippen molar-refractivity contribution in [3.63, 3.8) is 0 Å². The third-order valence-corrected chi connectivity index (χ3v) is 3.63. The summed E-state index contributed by atoms with van der Waals surface area (Å²) in [5.74, 6) is -1.62. The molecule has 1 fully saturated rings. The average Bonchev–Trinajstić information content (AvgIpc) is 2.78. The fraction of sp³-hybridized carbons (Fsp3) is 0.357. The van der Waals surface area contributed by atoms with Crippen LogP contribution in [0.1, 0.15) is 37.3 Å². The van der Waals surface area contributed by atoms with Gasteiger partial charge in [-0.15, -0.1) is 0 Å². The van der Waals surface area contributed by atoms with E-state index in [1.54, 1.807) is 11.0 Å². The van der Waals surface area contributed by atoms with Gasteiger partial charge < -0.3 is 4.90 Å². The summed E-state index contributed by atoms with van der Waals surface area (Å²) in [6.45, 7) is 0. The number of benzene rings is 1. The van der Waals surface area contributed by atoms with Crippen molar-refractivity contribution < 1.29 is 13.6 Å². The van der Waals surface area contributed by atoms with Crippen LogP contribution in [0.25, 0.3) is 0 Å². The van der Waals surface area contributed by atoms with Crippen molar-refractivity contribution in [3.05, 3.63) is 47.2 Å². The van der Waals surface area contributed by atoms with E-state index in [9.17, 15) is 13.6 Å². The van der Waals surface area contributed by atoms with E-state index in [4.69, 9.17) is 0 Å². The molecule has 1 amide bonds. The van der Waals surface area contributed by atoms with E-state index >= 15 is 0 Å². The van der Waals surface area contributed by atoms with E-state index in [-0.39, 0.29) is 11.9 Å². The van der Waals surface area contributed by atoms with Gasteiger partial charge in [-0.05, 0) is 37.0 Å². The second-order valence-electron chi connectivity index (χ2n) is 4.73. The first-order chi connectivity index (χ1) is 8.66. The molecule has 1 aromatic rings. The van der Waals surface area contributed by atoms with Gasteiger partial charge in [0.15, 0.2) is 11.6 Å². The summed E-state index contributed by atoms with van der Waals surface area (Å²) >= 11 is 0. The van der Waals surface area contributed by atoms with Gasteiger partial charge in [-0.1, -0.05) is 12.1 Å². The molecule has 0 radical (unpaired) electrons. The van der Waals surface area contributed by atoms with E-state index in [2.05, 4.69) is 6.08 Å². The van der Waals surface area contributed by atoms with Gasteiger partial charge in [0.05, 0.1) is 6.04 Å². The molecule has 2 heterocycles. The van der Waals surface area contributed by atoms with Crippen LogP contribution in [0, 0.1) is 11.6 Å². The number of amides is 1. The van der Waals surface area contributed by atoms with E-state index in [0.717, 1.165) is 31.0 Å². The summed E-state index contributed by atoms with van der Waals surface area (Å²) in [5.41, 5.74) is 1.70. The Morgan fingerprint density at radius 3 is 2.78 bits per heavy atom. The maximum absolute atomic E-state index is 13.3. The standard InChI is InChI=1S/C14H13F2NO/c15-11-6-4-9(8-12(11)16)13-7-5-10-2-1-3-14(18)17(10)13/h2,4,6,8,13H,1,3,5,7H2/t13-/m0/s1. The molecule has 2 aliphatic rings. The summed E-state index contributed by atoms with van der Waals surface area (Å²) in [4.78, 5) is 13.7. The highest BCUT2D eigenvalue weighted by molar-refractivity contribution is 5.80. The summed E-state index contributed by atoms with van der Waals surface area (Å²) in [6.07, 6.45) is 4.97. The molecule has 1 aromatic carbocycles. The van der Waals surface area contributed by atoms with Crippen LogP contribution in [0.5, 0.6) is 0 Å². The fourth-order valence-electron chi connectivity index (χ4n) is 2.79. The van der Waals surface area contributed by atoms with Crippen LogP contribution >= 0.6 is 0 Å². The molecule has 2 aliphatic heterocycles. The van der Waals surface area contributed by atoms with Crippen molar-refractivity contribution in [2.24, 2.45) is 0 Å². The number of allylic oxidation sites excluding steroid dienone is 2. The number of fused-ring (bicyclic) bond motifs is 1. The van der Waals surface area contributed by atoms with Crippen molar-refractivity contribution >= 4 is 5.91 Å². The van der Waals surface area contributed by atoms with Crippen LogP contribution in [0.2, 0.25) is 0 Å². The predicted molar refractivity (Wildman–Crippen MR) is 62.5 cm³/mol. The van der Waals surface area contributed by atoms with E-state index in [1.807, 2.05) is 0 Å². The van der Waals surface area contributed by atoms with Gasteiger partial charge >= 0.3 is 0 Å². The van der Waals surface area contributed by atoms with Gasteiger partial charge in [-0.25, -0.2) is 8.78 Å². The second kappa shape index (κ2) is 4.19. The highest BCUT2D eigenvalue weighted by Crippen LogP contribution is 2.41. The quantitative estimate of drug-likeness (QED) is 0.747. The first-order valence-electron chi connectivity index (χ1n) is 6.13. The molecule has 94 valence electrons. The van der Waals surface area contributed by atoms with Gasteiger partial charge in [-0.3, -0.25) is 4.79 Å². The Bertz CT molecular complexity index is 539. The molecule has 1 atom stereocenters. The SMILES string of the molecule is O=C1CCC=C2CC[C@@H](c3ccc(F)c(F)c3)N12. The number of hydrogen-bond acceptors (Lipinski definition) is 1. The van der Waals surface area contributed by atoms with E-state index in [0.29, 0.717) is 12.0 Å². The Morgan fingerprint density at radius 1 is 1.17 bits per heavy atom. The van der Waals surface area contributed by atoms with Crippen molar-refractivity contribution in [2.45, 2.75) is 31.7 Å². The van der Waals surface area contributed by atoms with Crippen molar-refractivity contribution in [3.8, 4) is 0 Å². The van der Waals surface area contributed by atoms with Crippen LogP contribution < -0.4 is 0 Å². The highest BCUT2D eigenvalue weighted by atomic mass is 19.2. The number of carbonyl (C=O) groups excluding carboxylic acids is 1. The molecule has 3 rings (SSSR count). The molecule has 0 saturated carbocycles. The van der Waals surface area contributed by atoms with Crippen LogP contribution in [0.3, 0.4) is 0 Å². The zero-order chi connectivity index (χ0) is 12.7. The minimum Gasteiger partial charge on any atom is -0.309 e. The van der Waals surface area contributed by atoms with Crippen LogP contribution in [-0.2, 0) is 4.79 Å². The zero-order valence-corrected chi connectivity index (χ0v) is 9.83. The molecule has 0 unspecified atom stereocenters. The maximum atomic E-state index is 13.3. The molecular formula is C14H13F2NO. The Morgan fingerprint density at radius 2 is 2.00 bits per heavy atom.